The molecule has 0 fully saturated rings. The Morgan fingerprint density at radius 2 is 0.852 bits per heavy atom. The average molecular weight is 431 g/mol. The van der Waals surface area contributed by atoms with Gasteiger partial charge in [-0.25, -0.2) is 4.39 Å². The summed E-state index contributed by atoms with van der Waals surface area (Å²) in [6.45, 7) is 0. The van der Waals surface area contributed by atoms with Crippen molar-refractivity contribution in [2.24, 2.45) is 0 Å². The normalized spacial score (nSPS) is 17.0. The van der Waals surface area contributed by atoms with Crippen molar-refractivity contribution in [3.05, 3.63) is 34.9 Å². The van der Waals surface area contributed by atoms with Gasteiger partial charge in [0.05, 0.1) is 11.1 Å². The molecule has 15 heteroatoms. The maximum atomic E-state index is 14.1. The molecular weight excluding hydrogens is 429 g/mol. The third kappa shape index (κ3) is 3.90. The van der Waals surface area contributed by atoms with Crippen LogP contribution in [0.2, 0.25) is 0 Å². The van der Waals surface area contributed by atoms with Gasteiger partial charge in [0.15, 0.2) is 0 Å². The van der Waals surface area contributed by atoms with Crippen molar-refractivity contribution in [1.29, 1.82) is 0 Å². The van der Waals surface area contributed by atoms with Crippen molar-refractivity contribution in [3.63, 3.8) is 0 Å². The first-order valence-electron chi connectivity index (χ1n) is 5.99. The number of halogens is 15. The van der Waals surface area contributed by atoms with Crippen molar-refractivity contribution in [3.8, 4) is 0 Å². The van der Waals surface area contributed by atoms with E-state index in [2.05, 4.69) is 0 Å². The Bertz CT molecular complexity index is 654. The number of hydrogen-bond acceptors (Lipinski definition) is 0. The van der Waals surface area contributed by atoms with Crippen LogP contribution in [-0.4, -0.2) is 18.3 Å². The highest BCUT2D eigenvalue weighted by atomic mass is 19.4. The lowest BCUT2D eigenvalue weighted by Gasteiger charge is -2.36. The van der Waals surface area contributed by atoms with Gasteiger partial charge in [0, 0.05) is 11.6 Å². The van der Waals surface area contributed by atoms with E-state index in [1.807, 2.05) is 0 Å². The fourth-order valence-corrected chi connectivity index (χ4v) is 1.79. The second-order valence-electron chi connectivity index (χ2n) is 4.92. The van der Waals surface area contributed by atoms with Crippen LogP contribution in [-0.2, 0) is 18.0 Å². The summed E-state index contributed by atoms with van der Waals surface area (Å²) < 4.78 is 191. The standard InChI is InChI=1S/C12H2F15/c13-7(11(22,23)24,10(20,21)12(25,26)27)4-1-5(8(14,15)16)3-6(2-4)9(17,18)19/h1-2H. The van der Waals surface area contributed by atoms with Crippen molar-refractivity contribution < 1.29 is 65.9 Å². The lowest BCUT2D eigenvalue weighted by molar-refractivity contribution is -0.389. The minimum atomic E-state index is -7.43. The zero-order valence-corrected chi connectivity index (χ0v) is 11.8. The van der Waals surface area contributed by atoms with Gasteiger partial charge < -0.3 is 0 Å². The van der Waals surface area contributed by atoms with Gasteiger partial charge in [0.25, 0.3) is 0 Å². The largest absolute Gasteiger partial charge is 0.457 e. The van der Waals surface area contributed by atoms with Crippen LogP contribution in [0, 0.1) is 6.07 Å². The summed E-state index contributed by atoms with van der Waals surface area (Å²) >= 11 is 0. The summed E-state index contributed by atoms with van der Waals surface area (Å²) in [7, 11) is 0. The van der Waals surface area contributed by atoms with E-state index in [9.17, 15) is 65.9 Å². The van der Waals surface area contributed by atoms with Gasteiger partial charge >= 0.3 is 36.3 Å². The van der Waals surface area contributed by atoms with Crippen LogP contribution >= 0.6 is 0 Å². The maximum absolute atomic E-state index is 14.1. The monoisotopic (exact) mass is 431 g/mol. The van der Waals surface area contributed by atoms with Crippen LogP contribution in [0.25, 0.3) is 0 Å². The summed E-state index contributed by atoms with van der Waals surface area (Å²) in [5.74, 6) is -7.43. The van der Waals surface area contributed by atoms with Crippen molar-refractivity contribution in [2.45, 2.75) is 36.3 Å². The topological polar surface area (TPSA) is 0 Å². The van der Waals surface area contributed by atoms with E-state index in [1.54, 1.807) is 0 Å². The van der Waals surface area contributed by atoms with E-state index in [1.165, 1.54) is 0 Å². The minimum absolute atomic E-state index is 0.468. The van der Waals surface area contributed by atoms with E-state index in [0.29, 0.717) is 6.07 Å². The van der Waals surface area contributed by atoms with Crippen LogP contribution in [0.15, 0.2) is 12.1 Å². The van der Waals surface area contributed by atoms with E-state index in [4.69, 9.17) is 0 Å². The van der Waals surface area contributed by atoms with Gasteiger partial charge in [0.2, 0.25) is 0 Å². The minimum Gasteiger partial charge on any atom is -0.221 e. The molecule has 1 atom stereocenters. The predicted octanol–water partition coefficient (Wildman–Crippen LogP) is 6.45. The predicted molar refractivity (Wildman–Crippen MR) is 55.1 cm³/mol. The molecule has 0 aliphatic rings. The molecule has 0 N–H and O–H groups in total. The molecule has 0 bridgehead atoms. The SMILES string of the molecule is FC(F)(F)c1[c]c(C(F)(F)F)cc(C(F)(C(F)(F)F)C(F)(F)C(F)(F)F)c1. The molecule has 0 aliphatic carbocycles. The van der Waals surface area contributed by atoms with E-state index in [0.717, 1.165) is 0 Å². The van der Waals surface area contributed by atoms with Crippen molar-refractivity contribution in [1.82, 2.24) is 0 Å². The van der Waals surface area contributed by atoms with Crippen LogP contribution in [0.4, 0.5) is 65.9 Å². The van der Waals surface area contributed by atoms with Crippen LogP contribution < -0.4 is 0 Å². The quantitative estimate of drug-likeness (QED) is 0.473. The summed E-state index contributed by atoms with van der Waals surface area (Å²) in [4.78, 5) is 0. The third-order valence-corrected chi connectivity index (χ3v) is 3.06. The highest BCUT2D eigenvalue weighted by Gasteiger charge is 2.82. The van der Waals surface area contributed by atoms with Crippen LogP contribution in [0.3, 0.4) is 0 Å². The average Bonchev–Trinajstić information content (AvgIpc) is 2.41. The molecule has 1 unspecified atom stereocenters. The number of rotatable bonds is 2. The van der Waals surface area contributed by atoms with E-state index in [-0.39, 0.29) is 0 Å². The Labute approximate surface area is 138 Å². The first-order chi connectivity index (χ1) is 11.6. The molecule has 0 nitrogen and oxygen atoms in total. The molecule has 1 aromatic rings. The maximum Gasteiger partial charge on any atom is 0.457 e. The second-order valence-corrected chi connectivity index (χ2v) is 4.92. The number of hydrogen-bond donors (Lipinski definition) is 0. The number of alkyl halides is 15. The highest BCUT2D eigenvalue weighted by Crippen LogP contribution is 2.59. The first kappa shape index (κ1) is 23.2. The third-order valence-electron chi connectivity index (χ3n) is 3.06. The zero-order chi connectivity index (χ0) is 21.9. The summed E-state index contributed by atoms with van der Waals surface area (Å²) in [5.41, 5.74) is -15.9. The Hall–Kier alpha value is -1.83. The Kier molecular flexibility index (Phi) is 5.23. The van der Waals surface area contributed by atoms with Gasteiger partial charge in [0.1, 0.15) is 0 Å². The van der Waals surface area contributed by atoms with E-state index < -0.39 is 65.1 Å². The number of benzene rings is 1. The fourth-order valence-electron chi connectivity index (χ4n) is 1.79. The first-order valence-corrected chi connectivity index (χ1v) is 5.99. The lowest BCUT2D eigenvalue weighted by atomic mass is 9.85. The molecule has 0 saturated heterocycles. The van der Waals surface area contributed by atoms with Crippen molar-refractivity contribution in [2.75, 3.05) is 0 Å². The van der Waals surface area contributed by atoms with Crippen molar-refractivity contribution >= 4 is 0 Å². The lowest BCUT2D eigenvalue weighted by Crippen LogP contribution is -2.59. The zero-order valence-electron chi connectivity index (χ0n) is 11.8. The summed E-state index contributed by atoms with van der Waals surface area (Å²) in [5, 5.41) is 0. The van der Waals surface area contributed by atoms with Gasteiger partial charge in [-0.3, -0.25) is 0 Å². The Balaban J connectivity index is 4.01. The summed E-state index contributed by atoms with van der Waals surface area (Å²) in [6.07, 6.45) is -26.5. The van der Waals surface area contributed by atoms with E-state index >= 15 is 0 Å². The smallest absolute Gasteiger partial charge is 0.221 e. The molecule has 1 rings (SSSR count). The van der Waals surface area contributed by atoms with Gasteiger partial charge in [-0.05, 0) is 12.1 Å². The highest BCUT2D eigenvalue weighted by molar-refractivity contribution is 5.38. The second kappa shape index (κ2) is 6.09. The van der Waals surface area contributed by atoms with Crippen LogP contribution in [0.1, 0.15) is 16.7 Å². The van der Waals surface area contributed by atoms with Gasteiger partial charge in [-0.1, -0.05) is 0 Å². The molecule has 0 amide bonds. The summed E-state index contributed by atoms with van der Waals surface area (Å²) in [6, 6.07) is -2.03. The molecule has 0 saturated carbocycles. The molecule has 0 spiro atoms. The van der Waals surface area contributed by atoms with Gasteiger partial charge in [-0.2, -0.15) is 61.5 Å². The Morgan fingerprint density at radius 3 is 1.07 bits per heavy atom. The van der Waals surface area contributed by atoms with Gasteiger partial charge in [-0.15, -0.1) is 0 Å². The molecule has 1 radical (unpaired) electrons. The molecule has 0 heterocycles. The molecule has 0 aliphatic heterocycles. The molecular formula is C12H2F15. The Morgan fingerprint density at radius 1 is 0.519 bits per heavy atom. The molecule has 1 aromatic carbocycles. The molecule has 155 valence electrons. The molecule has 27 heavy (non-hydrogen) atoms. The molecule has 0 aromatic heterocycles. The van der Waals surface area contributed by atoms with Crippen LogP contribution in [0.5, 0.6) is 0 Å². The fraction of sp³-hybridized carbons (Fsp3) is 0.500.